The van der Waals surface area contributed by atoms with Gasteiger partial charge in [0.1, 0.15) is 5.01 Å². The standard InChI is InChI=1S/C13H22N4O2S2/c1-10-14-15-13(20-10)17-8-4-7-12(9-17)21(18,19)16-11-5-2-3-6-11/h11-12,16H,2-9H2,1H3/t12-/m0/s1. The molecule has 0 unspecified atom stereocenters. The predicted molar refractivity (Wildman–Crippen MR) is 84.2 cm³/mol. The molecule has 2 heterocycles. The van der Waals surface area contributed by atoms with Crippen molar-refractivity contribution >= 4 is 26.5 Å². The highest BCUT2D eigenvalue weighted by Crippen LogP contribution is 2.26. The number of nitrogens with one attached hydrogen (secondary N) is 1. The lowest BCUT2D eigenvalue weighted by atomic mass is 10.1. The van der Waals surface area contributed by atoms with Crippen LogP contribution in [0.5, 0.6) is 0 Å². The normalized spacial score (nSPS) is 24.6. The van der Waals surface area contributed by atoms with Crippen LogP contribution in [-0.4, -0.2) is 43.0 Å². The van der Waals surface area contributed by atoms with Crippen LogP contribution in [0, 0.1) is 6.92 Å². The summed E-state index contributed by atoms with van der Waals surface area (Å²) in [5.41, 5.74) is 0. The van der Waals surface area contributed by atoms with E-state index in [2.05, 4.69) is 19.8 Å². The van der Waals surface area contributed by atoms with Crippen molar-refractivity contribution in [2.24, 2.45) is 0 Å². The van der Waals surface area contributed by atoms with Crippen molar-refractivity contribution in [2.45, 2.75) is 56.7 Å². The molecule has 2 fully saturated rings. The molecule has 1 aromatic rings. The van der Waals surface area contributed by atoms with Gasteiger partial charge in [-0.1, -0.05) is 24.2 Å². The molecule has 1 aliphatic heterocycles. The van der Waals surface area contributed by atoms with Crippen molar-refractivity contribution in [3.05, 3.63) is 5.01 Å². The van der Waals surface area contributed by atoms with Gasteiger partial charge in [0.2, 0.25) is 15.2 Å². The van der Waals surface area contributed by atoms with Crippen LogP contribution < -0.4 is 9.62 Å². The lowest BCUT2D eigenvalue weighted by Crippen LogP contribution is -2.48. The maximum Gasteiger partial charge on any atom is 0.216 e. The van der Waals surface area contributed by atoms with Crippen molar-refractivity contribution in [2.75, 3.05) is 18.0 Å². The SMILES string of the molecule is Cc1nnc(N2CCC[C@H](S(=O)(=O)NC3CCCC3)C2)s1. The van der Waals surface area contributed by atoms with Crippen molar-refractivity contribution in [1.29, 1.82) is 0 Å². The average Bonchev–Trinajstić information content (AvgIpc) is 3.10. The minimum absolute atomic E-state index is 0.147. The van der Waals surface area contributed by atoms with E-state index in [9.17, 15) is 8.42 Å². The molecule has 0 spiro atoms. The van der Waals surface area contributed by atoms with Gasteiger partial charge in [0.25, 0.3) is 0 Å². The van der Waals surface area contributed by atoms with E-state index in [4.69, 9.17) is 0 Å². The van der Waals surface area contributed by atoms with Crippen LogP contribution in [0.2, 0.25) is 0 Å². The van der Waals surface area contributed by atoms with E-state index in [0.717, 1.165) is 55.2 Å². The van der Waals surface area contributed by atoms with E-state index in [1.165, 1.54) is 11.3 Å². The van der Waals surface area contributed by atoms with E-state index in [1.807, 2.05) is 6.92 Å². The number of anilines is 1. The Hall–Kier alpha value is -0.730. The Balaban J connectivity index is 1.67. The highest BCUT2D eigenvalue weighted by molar-refractivity contribution is 7.90. The molecule has 118 valence electrons. The van der Waals surface area contributed by atoms with Gasteiger partial charge in [-0.2, -0.15) is 0 Å². The Morgan fingerprint density at radius 3 is 2.62 bits per heavy atom. The van der Waals surface area contributed by atoms with Crippen LogP contribution in [0.4, 0.5) is 5.13 Å². The molecule has 0 aromatic carbocycles. The van der Waals surface area contributed by atoms with Crippen molar-refractivity contribution in [3.63, 3.8) is 0 Å². The summed E-state index contributed by atoms with van der Waals surface area (Å²) in [5.74, 6) is 0. The molecule has 1 saturated heterocycles. The zero-order valence-corrected chi connectivity index (χ0v) is 13.9. The number of nitrogens with zero attached hydrogens (tertiary/aromatic N) is 3. The number of piperidine rings is 1. The maximum absolute atomic E-state index is 12.6. The first-order chi connectivity index (χ1) is 10.0. The fraction of sp³-hybridized carbons (Fsp3) is 0.846. The number of hydrogen-bond acceptors (Lipinski definition) is 6. The third-order valence-corrected chi connectivity index (χ3v) is 7.11. The molecule has 1 saturated carbocycles. The van der Waals surface area contributed by atoms with Crippen molar-refractivity contribution in [3.8, 4) is 0 Å². The fourth-order valence-electron chi connectivity index (χ4n) is 3.15. The molecule has 2 aliphatic rings. The minimum atomic E-state index is -3.24. The third-order valence-electron chi connectivity index (χ3n) is 4.29. The Labute approximate surface area is 130 Å². The Morgan fingerprint density at radius 1 is 1.19 bits per heavy atom. The Morgan fingerprint density at radius 2 is 1.95 bits per heavy atom. The van der Waals surface area contributed by atoms with Crippen LogP contribution in [0.3, 0.4) is 0 Å². The van der Waals surface area contributed by atoms with Crippen LogP contribution in [0.25, 0.3) is 0 Å². The van der Waals surface area contributed by atoms with Crippen LogP contribution in [-0.2, 0) is 10.0 Å². The molecule has 0 amide bonds. The Bertz CT molecular complexity index is 581. The van der Waals surface area contributed by atoms with Crippen molar-refractivity contribution < 1.29 is 8.42 Å². The van der Waals surface area contributed by atoms with E-state index in [-0.39, 0.29) is 11.3 Å². The molecule has 3 rings (SSSR count). The zero-order valence-electron chi connectivity index (χ0n) is 12.3. The van der Waals surface area contributed by atoms with Crippen molar-refractivity contribution in [1.82, 2.24) is 14.9 Å². The first-order valence-electron chi connectivity index (χ1n) is 7.61. The Kier molecular flexibility index (Phi) is 4.46. The number of hydrogen-bond donors (Lipinski definition) is 1. The smallest absolute Gasteiger partial charge is 0.216 e. The van der Waals surface area contributed by atoms with Gasteiger partial charge < -0.3 is 4.90 Å². The first kappa shape index (κ1) is 15.2. The van der Waals surface area contributed by atoms with Gasteiger partial charge in [-0.3, -0.25) is 0 Å². The van der Waals surface area contributed by atoms with Gasteiger partial charge in [0.15, 0.2) is 0 Å². The van der Waals surface area contributed by atoms with Gasteiger partial charge in [-0.25, -0.2) is 13.1 Å². The highest BCUT2D eigenvalue weighted by atomic mass is 32.2. The molecule has 1 atom stereocenters. The molecular formula is C13H22N4O2S2. The van der Waals surface area contributed by atoms with Gasteiger partial charge in [0, 0.05) is 19.1 Å². The molecular weight excluding hydrogens is 308 g/mol. The van der Waals surface area contributed by atoms with E-state index in [0.29, 0.717) is 6.54 Å². The zero-order chi connectivity index (χ0) is 14.9. The quantitative estimate of drug-likeness (QED) is 0.909. The average molecular weight is 330 g/mol. The molecule has 1 aliphatic carbocycles. The number of aryl methyl sites for hydroxylation is 1. The van der Waals surface area contributed by atoms with E-state index < -0.39 is 10.0 Å². The fourth-order valence-corrected chi connectivity index (χ4v) is 5.62. The summed E-state index contributed by atoms with van der Waals surface area (Å²) in [5, 5.41) is 9.58. The van der Waals surface area contributed by atoms with Gasteiger partial charge in [0.05, 0.1) is 5.25 Å². The van der Waals surface area contributed by atoms with Gasteiger partial charge >= 0.3 is 0 Å². The monoisotopic (exact) mass is 330 g/mol. The second-order valence-electron chi connectivity index (χ2n) is 5.96. The summed E-state index contributed by atoms with van der Waals surface area (Å²) in [4.78, 5) is 2.06. The van der Waals surface area contributed by atoms with Crippen LogP contribution in [0.15, 0.2) is 0 Å². The molecule has 0 bridgehead atoms. The summed E-state index contributed by atoms with van der Waals surface area (Å²) in [7, 11) is -3.24. The summed E-state index contributed by atoms with van der Waals surface area (Å²) >= 11 is 1.53. The topological polar surface area (TPSA) is 75.2 Å². The second-order valence-corrected chi connectivity index (χ2v) is 9.11. The molecule has 6 nitrogen and oxygen atoms in total. The summed E-state index contributed by atoms with van der Waals surface area (Å²) in [6, 6.07) is 0.147. The maximum atomic E-state index is 12.6. The molecule has 8 heteroatoms. The predicted octanol–water partition coefficient (Wildman–Crippen LogP) is 1.68. The second kappa shape index (κ2) is 6.18. The number of rotatable bonds is 4. The third kappa shape index (κ3) is 3.54. The summed E-state index contributed by atoms with van der Waals surface area (Å²) < 4.78 is 28.0. The number of aromatic nitrogens is 2. The summed E-state index contributed by atoms with van der Waals surface area (Å²) in [6.07, 6.45) is 5.84. The molecule has 0 radical (unpaired) electrons. The lowest BCUT2D eigenvalue weighted by molar-refractivity contribution is 0.505. The first-order valence-corrected chi connectivity index (χ1v) is 9.97. The molecule has 1 N–H and O–H groups in total. The molecule has 1 aromatic heterocycles. The van der Waals surface area contributed by atoms with Gasteiger partial charge in [-0.15, -0.1) is 10.2 Å². The van der Waals surface area contributed by atoms with E-state index in [1.54, 1.807) is 0 Å². The van der Waals surface area contributed by atoms with Crippen LogP contribution in [0.1, 0.15) is 43.5 Å². The lowest BCUT2D eigenvalue weighted by Gasteiger charge is -2.32. The molecule has 21 heavy (non-hydrogen) atoms. The summed E-state index contributed by atoms with van der Waals surface area (Å²) in [6.45, 7) is 3.31. The number of sulfonamides is 1. The van der Waals surface area contributed by atoms with Gasteiger partial charge in [-0.05, 0) is 32.6 Å². The largest absolute Gasteiger partial charge is 0.345 e. The highest BCUT2D eigenvalue weighted by Gasteiger charge is 2.33. The van der Waals surface area contributed by atoms with Crippen LogP contribution >= 0.6 is 11.3 Å². The minimum Gasteiger partial charge on any atom is -0.345 e. The van der Waals surface area contributed by atoms with E-state index >= 15 is 0 Å².